The van der Waals surface area contributed by atoms with Crippen molar-refractivity contribution in [3.8, 4) is 0 Å². The molecule has 5 N–H and O–H groups in total. The van der Waals surface area contributed by atoms with E-state index in [0.29, 0.717) is 24.5 Å². The van der Waals surface area contributed by atoms with Gasteiger partial charge in [0.05, 0.1) is 12.3 Å². The second kappa shape index (κ2) is 5.49. The molecule has 1 aliphatic rings. The predicted molar refractivity (Wildman–Crippen MR) is 71.4 cm³/mol. The third-order valence-electron chi connectivity index (χ3n) is 3.17. The lowest BCUT2D eigenvalue weighted by Crippen LogP contribution is -2.35. The highest BCUT2D eigenvalue weighted by molar-refractivity contribution is 5.42. The van der Waals surface area contributed by atoms with E-state index >= 15 is 0 Å². The molecule has 0 spiro atoms. The Morgan fingerprint density at radius 1 is 1.50 bits per heavy atom. The lowest BCUT2D eigenvalue weighted by atomic mass is 9.78. The van der Waals surface area contributed by atoms with Crippen LogP contribution in [0.5, 0.6) is 0 Å². The van der Waals surface area contributed by atoms with Crippen LogP contribution in [0.15, 0.2) is 6.07 Å². The van der Waals surface area contributed by atoms with Gasteiger partial charge in [-0.3, -0.25) is 0 Å². The summed E-state index contributed by atoms with van der Waals surface area (Å²) in [6.07, 6.45) is 1.95. The first-order valence-corrected chi connectivity index (χ1v) is 6.24. The van der Waals surface area contributed by atoms with E-state index in [1.54, 1.807) is 7.11 Å². The third-order valence-corrected chi connectivity index (χ3v) is 3.17. The first-order chi connectivity index (χ1) is 8.58. The second-order valence-electron chi connectivity index (χ2n) is 4.97. The Balaban J connectivity index is 2.06. The average molecular weight is 251 g/mol. The van der Waals surface area contributed by atoms with Crippen molar-refractivity contribution in [2.75, 3.05) is 24.8 Å². The highest BCUT2D eigenvalue weighted by Gasteiger charge is 2.29. The van der Waals surface area contributed by atoms with E-state index in [9.17, 15) is 0 Å². The quantitative estimate of drug-likeness (QED) is 0.713. The number of rotatable bonds is 5. The molecule has 1 heterocycles. The smallest absolute Gasteiger partial charge is 0.222 e. The molecule has 0 aliphatic heterocycles. The largest absolute Gasteiger partial charge is 0.383 e. The van der Waals surface area contributed by atoms with Gasteiger partial charge in [-0.2, -0.15) is 4.98 Å². The van der Waals surface area contributed by atoms with Gasteiger partial charge in [0.2, 0.25) is 5.95 Å². The predicted octanol–water partition coefficient (Wildman–Crippen LogP) is 0.710. The molecule has 0 amide bonds. The molecule has 1 aromatic heterocycles. The van der Waals surface area contributed by atoms with Crippen LogP contribution < -0.4 is 16.8 Å². The Morgan fingerprint density at radius 3 is 2.83 bits per heavy atom. The number of hydrogen-bond acceptors (Lipinski definition) is 6. The summed E-state index contributed by atoms with van der Waals surface area (Å²) in [7, 11) is 1.67. The van der Waals surface area contributed by atoms with Gasteiger partial charge in [-0.1, -0.05) is 0 Å². The Labute approximate surface area is 107 Å². The van der Waals surface area contributed by atoms with Gasteiger partial charge in [0.1, 0.15) is 5.82 Å². The van der Waals surface area contributed by atoms with Gasteiger partial charge in [-0.05, 0) is 19.8 Å². The van der Waals surface area contributed by atoms with E-state index in [1.807, 2.05) is 13.0 Å². The van der Waals surface area contributed by atoms with Crippen LogP contribution in [-0.4, -0.2) is 35.8 Å². The van der Waals surface area contributed by atoms with Crippen molar-refractivity contribution in [2.45, 2.75) is 37.8 Å². The fourth-order valence-electron chi connectivity index (χ4n) is 2.22. The Hall–Kier alpha value is -1.40. The van der Waals surface area contributed by atoms with Crippen molar-refractivity contribution in [1.29, 1.82) is 0 Å². The normalized spacial score (nSPS) is 24.4. The number of nitrogens with two attached hydrogens (primary N) is 2. The number of nitrogens with zero attached hydrogens (tertiary/aromatic N) is 2. The maximum Gasteiger partial charge on any atom is 0.222 e. The minimum absolute atomic E-state index is 0.181. The molecule has 1 aliphatic carbocycles. The second-order valence-corrected chi connectivity index (χ2v) is 4.97. The van der Waals surface area contributed by atoms with Crippen molar-refractivity contribution >= 4 is 11.8 Å². The zero-order valence-corrected chi connectivity index (χ0v) is 10.9. The summed E-state index contributed by atoms with van der Waals surface area (Å²) in [5.41, 5.74) is 12.5. The molecule has 1 atom stereocenters. The molecule has 100 valence electrons. The summed E-state index contributed by atoms with van der Waals surface area (Å²) in [4.78, 5) is 8.47. The number of methoxy groups -OCH3 is 1. The number of anilines is 2. The molecule has 1 saturated carbocycles. The van der Waals surface area contributed by atoms with Crippen molar-refractivity contribution in [3.05, 3.63) is 11.8 Å². The van der Waals surface area contributed by atoms with Crippen LogP contribution in [-0.2, 0) is 4.74 Å². The van der Waals surface area contributed by atoms with Gasteiger partial charge in [-0.25, -0.2) is 4.98 Å². The van der Waals surface area contributed by atoms with Crippen molar-refractivity contribution in [3.63, 3.8) is 0 Å². The molecule has 0 radical (unpaired) electrons. The van der Waals surface area contributed by atoms with Crippen LogP contribution in [0.3, 0.4) is 0 Å². The van der Waals surface area contributed by atoms with Crippen molar-refractivity contribution in [2.24, 2.45) is 5.73 Å². The summed E-state index contributed by atoms with van der Waals surface area (Å²) in [6.45, 7) is 2.65. The van der Waals surface area contributed by atoms with E-state index in [1.165, 1.54) is 0 Å². The summed E-state index contributed by atoms with van der Waals surface area (Å²) in [6, 6.07) is 2.44. The molecular weight excluding hydrogens is 230 g/mol. The molecule has 1 fully saturated rings. The standard InChI is InChI=1S/C12H21N5O/c1-7(6-18-2)15-11-5-10(16-12(14)17-11)8-3-9(13)4-8/h5,7-9H,3-4,6,13H2,1-2H3,(H3,14,15,16,17)/t7-,8?,9?/m0/s1. The number of hydrogen-bond donors (Lipinski definition) is 3. The fraction of sp³-hybridized carbons (Fsp3) is 0.667. The molecule has 18 heavy (non-hydrogen) atoms. The van der Waals surface area contributed by atoms with Crippen LogP contribution >= 0.6 is 0 Å². The van der Waals surface area contributed by atoms with E-state index in [4.69, 9.17) is 16.2 Å². The van der Waals surface area contributed by atoms with Gasteiger partial charge in [0.15, 0.2) is 0 Å². The highest BCUT2D eigenvalue weighted by atomic mass is 16.5. The number of aromatic nitrogens is 2. The minimum atomic E-state index is 0.181. The minimum Gasteiger partial charge on any atom is -0.383 e. The van der Waals surface area contributed by atoms with E-state index < -0.39 is 0 Å². The Kier molecular flexibility index (Phi) is 3.98. The summed E-state index contributed by atoms with van der Waals surface area (Å²) >= 11 is 0. The first-order valence-electron chi connectivity index (χ1n) is 6.24. The maximum absolute atomic E-state index is 5.80. The molecular formula is C12H21N5O. The number of nitrogen functional groups attached to an aromatic ring is 1. The van der Waals surface area contributed by atoms with Crippen molar-refractivity contribution < 1.29 is 4.74 Å². The van der Waals surface area contributed by atoms with Gasteiger partial charge in [0, 0.05) is 31.2 Å². The maximum atomic E-state index is 5.80. The fourth-order valence-corrected chi connectivity index (χ4v) is 2.22. The number of ether oxygens (including phenoxy) is 1. The Bertz CT molecular complexity index is 405. The lowest BCUT2D eigenvalue weighted by molar-refractivity contribution is 0.190. The molecule has 6 heteroatoms. The van der Waals surface area contributed by atoms with Crippen LogP contribution in [0.2, 0.25) is 0 Å². The molecule has 0 unspecified atom stereocenters. The van der Waals surface area contributed by atoms with Gasteiger partial charge in [-0.15, -0.1) is 0 Å². The molecule has 6 nitrogen and oxygen atoms in total. The zero-order chi connectivity index (χ0) is 13.1. The van der Waals surface area contributed by atoms with E-state index in [-0.39, 0.29) is 6.04 Å². The molecule has 0 aromatic carbocycles. The number of nitrogens with one attached hydrogen (secondary N) is 1. The highest BCUT2D eigenvalue weighted by Crippen LogP contribution is 2.35. The summed E-state index contributed by atoms with van der Waals surface area (Å²) in [5.74, 6) is 1.48. The van der Waals surface area contributed by atoms with Crippen molar-refractivity contribution in [1.82, 2.24) is 9.97 Å². The van der Waals surface area contributed by atoms with Gasteiger partial charge >= 0.3 is 0 Å². The van der Waals surface area contributed by atoms with E-state index in [0.717, 1.165) is 24.4 Å². The summed E-state index contributed by atoms with van der Waals surface area (Å²) in [5, 5.41) is 3.25. The zero-order valence-electron chi connectivity index (χ0n) is 10.9. The lowest BCUT2D eigenvalue weighted by Gasteiger charge is -2.32. The summed E-state index contributed by atoms with van der Waals surface area (Å²) < 4.78 is 5.08. The first kappa shape index (κ1) is 13.0. The van der Waals surface area contributed by atoms with E-state index in [2.05, 4.69) is 15.3 Å². The molecule has 0 bridgehead atoms. The van der Waals surface area contributed by atoms with Gasteiger partial charge < -0.3 is 21.5 Å². The van der Waals surface area contributed by atoms with Gasteiger partial charge in [0.25, 0.3) is 0 Å². The topological polar surface area (TPSA) is 99.1 Å². The monoisotopic (exact) mass is 251 g/mol. The Morgan fingerprint density at radius 2 is 2.22 bits per heavy atom. The average Bonchev–Trinajstić information content (AvgIpc) is 2.24. The van der Waals surface area contributed by atoms with Crippen LogP contribution in [0.1, 0.15) is 31.4 Å². The SMILES string of the molecule is COC[C@H](C)Nc1cc(C2CC(N)C2)nc(N)n1. The van der Waals surface area contributed by atoms with Crippen LogP contribution in [0, 0.1) is 0 Å². The third kappa shape index (κ3) is 3.08. The van der Waals surface area contributed by atoms with Crippen LogP contribution in [0.4, 0.5) is 11.8 Å². The molecule has 0 saturated heterocycles. The van der Waals surface area contributed by atoms with Crippen LogP contribution in [0.25, 0.3) is 0 Å². The molecule has 1 aromatic rings. The molecule has 2 rings (SSSR count).